The van der Waals surface area contributed by atoms with E-state index in [1.165, 1.54) is 0 Å². The number of urea groups is 1. The van der Waals surface area contributed by atoms with Gasteiger partial charge in [0.25, 0.3) is 0 Å². The average Bonchev–Trinajstić information content (AvgIpc) is 3.11. The minimum atomic E-state index is -0.959. The van der Waals surface area contributed by atoms with E-state index in [9.17, 15) is 19.5 Å². The minimum absolute atomic E-state index is 0.0512. The van der Waals surface area contributed by atoms with Crippen LogP contribution in [0.5, 0.6) is 0 Å². The molecule has 21 heavy (non-hydrogen) atoms. The number of carbonyl (C=O) groups is 3. The number of amides is 3. The van der Waals surface area contributed by atoms with Gasteiger partial charge in [0.15, 0.2) is 0 Å². The standard InChI is InChI=1S/C14H23N3O4/c1-2-6-14(12(19)20)7-3-8-17(14)9-11(18)16-13(21)15-10-4-5-10/h10H,2-9H2,1H3,(H,19,20)(H2,15,16,18,21). The Morgan fingerprint density at radius 3 is 2.62 bits per heavy atom. The summed E-state index contributed by atoms with van der Waals surface area (Å²) in [6, 6.07) is -0.305. The van der Waals surface area contributed by atoms with Crippen molar-refractivity contribution in [1.82, 2.24) is 15.5 Å². The first-order valence-electron chi connectivity index (χ1n) is 7.56. The fourth-order valence-electron chi connectivity index (χ4n) is 3.00. The molecule has 118 valence electrons. The van der Waals surface area contributed by atoms with Crippen molar-refractivity contribution in [2.75, 3.05) is 13.1 Å². The third-order valence-electron chi connectivity index (χ3n) is 4.19. The van der Waals surface area contributed by atoms with Crippen molar-refractivity contribution >= 4 is 17.9 Å². The molecular weight excluding hydrogens is 274 g/mol. The number of carboxylic acids is 1. The lowest BCUT2D eigenvalue weighted by atomic mass is 9.90. The molecule has 2 rings (SSSR count). The van der Waals surface area contributed by atoms with Gasteiger partial charge >= 0.3 is 12.0 Å². The predicted octanol–water partition coefficient (Wildman–Crippen LogP) is 0.694. The Morgan fingerprint density at radius 1 is 1.33 bits per heavy atom. The molecule has 0 bridgehead atoms. The van der Waals surface area contributed by atoms with Crippen molar-refractivity contribution in [1.29, 1.82) is 0 Å². The summed E-state index contributed by atoms with van der Waals surface area (Å²) in [5, 5.41) is 14.5. The van der Waals surface area contributed by atoms with E-state index in [0.717, 1.165) is 25.7 Å². The number of rotatable bonds is 6. The predicted molar refractivity (Wildman–Crippen MR) is 75.8 cm³/mol. The summed E-state index contributed by atoms with van der Waals surface area (Å²) in [6.07, 6.45) is 4.47. The normalized spacial score (nSPS) is 25.6. The molecule has 0 aromatic rings. The molecule has 0 spiro atoms. The van der Waals surface area contributed by atoms with Crippen LogP contribution < -0.4 is 10.6 Å². The van der Waals surface area contributed by atoms with Crippen molar-refractivity contribution in [2.24, 2.45) is 0 Å². The molecular formula is C14H23N3O4. The van der Waals surface area contributed by atoms with E-state index in [-0.39, 0.29) is 12.6 Å². The lowest BCUT2D eigenvalue weighted by molar-refractivity contribution is -0.150. The molecule has 0 aromatic heterocycles. The van der Waals surface area contributed by atoms with E-state index in [0.29, 0.717) is 19.4 Å². The van der Waals surface area contributed by atoms with Gasteiger partial charge in [0.1, 0.15) is 5.54 Å². The fourth-order valence-corrected chi connectivity index (χ4v) is 3.00. The van der Waals surface area contributed by atoms with Crippen LogP contribution in [-0.2, 0) is 9.59 Å². The molecule has 1 aliphatic carbocycles. The Kier molecular flexibility index (Phi) is 4.82. The van der Waals surface area contributed by atoms with Crippen LogP contribution in [0.15, 0.2) is 0 Å². The lowest BCUT2D eigenvalue weighted by Crippen LogP contribution is -2.54. The molecule has 1 unspecified atom stereocenters. The molecule has 7 nitrogen and oxygen atoms in total. The zero-order valence-electron chi connectivity index (χ0n) is 12.4. The van der Waals surface area contributed by atoms with Crippen molar-refractivity contribution in [3.8, 4) is 0 Å². The molecule has 3 amide bonds. The summed E-state index contributed by atoms with van der Waals surface area (Å²) < 4.78 is 0. The van der Waals surface area contributed by atoms with Crippen molar-refractivity contribution < 1.29 is 19.5 Å². The SMILES string of the molecule is CCCC1(C(=O)O)CCCN1CC(=O)NC(=O)NC1CC1. The van der Waals surface area contributed by atoms with Gasteiger partial charge in [-0.05, 0) is 38.6 Å². The molecule has 7 heteroatoms. The molecule has 1 saturated carbocycles. The van der Waals surface area contributed by atoms with Gasteiger partial charge in [-0.2, -0.15) is 0 Å². The Morgan fingerprint density at radius 2 is 2.05 bits per heavy atom. The van der Waals surface area contributed by atoms with Crippen LogP contribution in [-0.4, -0.2) is 52.6 Å². The van der Waals surface area contributed by atoms with Gasteiger partial charge in [0, 0.05) is 6.04 Å². The van der Waals surface area contributed by atoms with Gasteiger partial charge in [-0.3, -0.25) is 19.8 Å². The number of imide groups is 1. The number of hydrogen-bond acceptors (Lipinski definition) is 4. The first-order valence-corrected chi connectivity index (χ1v) is 7.56. The molecule has 1 aliphatic heterocycles. The monoisotopic (exact) mass is 297 g/mol. The maximum absolute atomic E-state index is 11.9. The average molecular weight is 297 g/mol. The Hall–Kier alpha value is -1.63. The highest BCUT2D eigenvalue weighted by atomic mass is 16.4. The molecule has 3 N–H and O–H groups in total. The van der Waals surface area contributed by atoms with Gasteiger partial charge in [-0.15, -0.1) is 0 Å². The van der Waals surface area contributed by atoms with Gasteiger partial charge in [0.2, 0.25) is 5.91 Å². The molecule has 0 aromatic carbocycles. The summed E-state index contributed by atoms with van der Waals surface area (Å²) in [5.74, 6) is -1.33. The maximum Gasteiger partial charge on any atom is 0.324 e. The molecule has 0 radical (unpaired) electrons. The van der Waals surface area contributed by atoms with Crippen LogP contribution in [0.3, 0.4) is 0 Å². The van der Waals surface area contributed by atoms with Crippen molar-refractivity contribution in [3.63, 3.8) is 0 Å². The largest absolute Gasteiger partial charge is 0.480 e. The number of nitrogens with one attached hydrogen (secondary N) is 2. The van der Waals surface area contributed by atoms with Crippen LogP contribution in [0.25, 0.3) is 0 Å². The highest BCUT2D eigenvalue weighted by Gasteiger charge is 2.47. The lowest BCUT2D eigenvalue weighted by Gasteiger charge is -2.34. The van der Waals surface area contributed by atoms with E-state index in [4.69, 9.17) is 0 Å². The van der Waals surface area contributed by atoms with E-state index < -0.39 is 23.4 Å². The number of carboxylic acid groups (broad SMARTS) is 1. The third kappa shape index (κ3) is 3.72. The summed E-state index contributed by atoms with van der Waals surface area (Å²) in [5.41, 5.74) is -0.959. The Labute approximate surface area is 124 Å². The maximum atomic E-state index is 11.9. The molecule has 2 aliphatic rings. The number of carbonyl (C=O) groups excluding carboxylic acids is 2. The molecule has 2 fully saturated rings. The van der Waals surface area contributed by atoms with Crippen LogP contribution in [0.1, 0.15) is 45.4 Å². The van der Waals surface area contributed by atoms with Gasteiger partial charge in [-0.25, -0.2) is 4.79 Å². The summed E-state index contributed by atoms with van der Waals surface area (Å²) in [7, 11) is 0. The van der Waals surface area contributed by atoms with E-state index in [2.05, 4.69) is 10.6 Å². The first-order chi connectivity index (χ1) is 9.98. The van der Waals surface area contributed by atoms with Crippen LogP contribution in [0, 0.1) is 0 Å². The van der Waals surface area contributed by atoms with E-state index in [1.807, 2.05) is 6.92 Å². The Bertz CT molecular complexity index is 436. The molecule has 1 atom stereocenters. The van der Waals surface area contributed by atoms with Crippen molar-refractivity contribution in [3.05, 3.63) is 0 Å². The van der Waals surface area contributed by atoms with Gasteiger partial charge in [0.05, 0.1) is 6.54 Å². The van der Waals surface area contributed by atoms with Gasteiger partial charge < -0.3 is 10.4 Å². The minimum Gasteiger partial charge on any atom is -0.480 e. The second kappa shape index (κ2) is 6.43. The zero-order valence-corrected chi connectivity index (χ0v) is 12.4. The fraction of sp³-hybridized carbons (Fsp3) is 0.786. The smallest absolute Gasteiger partial charge is 0.324 e. The number of hydrogen-bond donors (Lipinski definition) is 3. The van der Waals surface area contributed by atoms with E-state index >= 15 is 0 Å². The van der Waals surface area contributed by atoms with Gasteiger partial charge in [-0.1, -0.05) is 13.3 Å². The second-order valence-corrected chi connectivity index (χ2v) is 5.91. The van der Waals surface area contributed by atoms with Crippen LogP contribution in [0.2, 0.25) is 0 Å². The topological polar surface area (TPSA) is 98.7 Å². The summed E-state index contributed by atoms with van der Waals surface area (Å²) in [4.78, 5) is 36.8. The summed E-state index contributed by atoms with van der Waals surface area (Å²) in [6.45, 7) is 2.46. The molecule has 1 heterocycles. The molecule has 1 saturated heterocycles. The summed E-state index contributed by atoms with van der Waals surface area (Å²) >= 11 is 0. The highest BCUT2D eigenvalue weighted by molar-refractivity contribution is 5.95. The number of likely N-dealkylation sites (tertiary alicyclic amines) is 1. The quantitative estimate of drug-likeness (QED) is 0.670. The zero-order chi connectivity index (χ0) is 15.5. The Balaban J connectivity index is 1.91. The number of nitrogens with zero attached hydrogens (tertiary/aromatic N) is 1. The first kappa shape index (κ1) is 15.8. The number of aliphatic carboxylic acids is 1. The van der Waals surface area contributed by atoms with Crippen molar-refractivity contribution in [2.45, 2.75) is 57.0 Å². The highest BCUT2D eigenvalue weighted by Crippen LogP contribution is 2.33. The van der Waals surface area contributed by atoms with E-state index in [1.54, 1.807) is 4.90 Å². The van der Waals surface area contributed by atoms with Crippen LogP contribution >= 0.6 is 0 Å². The second-order valence-electron chi connectivity index (χ2n) is 5.91. The third-order valence-corrected chi connectivity index (χ3v) is 4.19. The van der Waals surface area contributed by atoms with Crippen LogP contribution in [0.4, 0.5) is 4.79 Å².